The van der Waals surface area contributed by atoms with Crippen LogP contribution in [0.4, 0.5) is 0 Å². The van der Waals surface area contributed by atoms with Crippen LogP contribution < -0.4 is 5.32 Å². The number of carbonyl (C=O) groups excluding carboxylic acids is 1. The van der Waals surface area contributed by atoms with E-state index in [1.54, 1.807) is 12.3 Å². The van der Waals surface area contributed by atoms with Gasteiger partial charge in [0.05, 0.1) is 17.3 Å². The second-order valence-corrected chi connectivity index (χ2v) is 4.75. The van der Waals surface area contributed by atoms with Crippen LogP contribution in [-0.2, 0) is 6.54 Å². The number of hydrogen-bond acceptors (Lipinski definition) is 2. The molecule has 0 radical (unpaired) electrons. The molecule has 100 valence electrons. The quantitative estimate of drug-likeness (QED) is 0.765. The fourth-order valence-electron chi connectivity index (χ4n) is 2.24. The number of nitrogens with zero attached hydrogens (tertiary/aromatic N) is 1. The minimum absolute atomic E-state index is 0.0943. The van der Waals surface area contributed by atoms with E-state index in [1.165, 1.54) is 5.56 Å². The molecule has 0 aliphatic heterocycles. The van der Waals surface area contributed by atoms with Crippen molar-refractivity contribution in [1.29, 1.82) is 0 Å². The number of aryl methyl sites for hydroxylation is 1. The van der Waals surface area contributed by atoms with Gasteiger partial charge in [0.15, 0.2) is 0 Å². The van der Waals surface area contributed by atoms with Gasteiger partial charge in [-0.2, -0.15) is 5.10 Å². The third-order valence-electron chi connectivity index (χ3n) is 3.42. The van der Waals surface area contributed by atoms with Gasteiger partial charge in [0.1, 0.15) is 0 Å². The monoisotopic (exact) mass is 265 g/mol. The number of aromatic nitrogens is 2. The molecule has 1 aromatic heterocycles. The molecule has 1 amide bonds. The third-order valence-corrected chi connectivity index (χ3v) is 3.42. The van der Waals surface area contributed by atoms with E-state index in [0.717, 1.165) is 16.5 Å². The van der Waals surface area contributed by atoms with E-state index in [0.29, 0.717) is 12.1 Å². The minimum Gasteiger partial charge on any atom is -0.348 e. The number of amides is 1. The summed E-state index contributed by atoms with van der Waals surface area (Å²) in [5.41, 5.74) is 3.69. The second-order valence-electron chi connectivity index (χ2n) is 4.75. The first kappa shape index (κ1) is 12.4. The van der Waals surface area contributed by atoms with Crippen molar-refractivity contribution in [2.75, 3.05) is 0 Å². The number of rotatable bonds is 3. The molecule has 2 N–H and O–H groups in total. The van der Waals surface area contributed by atoms with Crippen LogP contribution in [0.1, 0.15) is 21.5 Å². The number of para-hydroxylation sites is 1. The van der Waals surface area contributed by atoms with Crippen molar-refractivity contribution >= 4 is 16.8 Å². The maximum atomic E-state index is 12.3. The fourth-order valence-corrected chi connectivity index (χ4v) is 2.24. The molecule has 0 spiro atoms. The Kier molecular flexibility index (Phi) is 3.21. The molecule has 0 atom stereocenters. The highest BCUT2D eigenvalue weighted by Crippen LogP contribution is 2.15. The van der Waals surface area contributed by atoms with Crippen LogP contribution in [0.2, 0.25) is 0 Å². The van der Waals surface area contributed by atoms with Gasteiger partial charge in [-0.25, -0.2) is 0 Å². The first-order valence-electron chi connectivity index (χ1n) is 6.50. The maximum absolute atomic E-state index is 12.3. The zero-order valence-electron chi connectivity index (χ0n) is 11.2. The lowest BCUT2D eigenvalue weighted by atomic mass is 10.1. The molecule has 0 unspecified atom stereocenters. The van der Waals surface area contributed by atoms with E-state index < -0.39 is 0 Å². The van der Waals surface area contributed by atoms with Gasteiger partial charge in [-0.05, 0) is 24.1 Å². The molecule has 4 nitrogen and oxygen atoms in total. The maximum Gasteiger partial charge on any atom is 0.253 e. The molecule has 1 heterocycles. The Morgan fingerprint density at radius 3 is 2.90 bits per heavy atom. The first-order valence-corrected chi connectivity index (χ1v) is 6.50. The summed E-state index contributed by atoms with van der Waals surface area (Å²) >= 11 is 0. The lowest BCUT2D eigenvalue weighted by Gasteiger charge is -2.08. The average Bonchev–Trinajstić information content (AvgIpc) is 2.94. The number of carbonyl (C=O) groups is 1. The fraction of sp³-hybridized carbons (Fsp3) is 0.125. The largest absolute Gasteiger partial charge is 0.348 e. The van der Waals surface area contributed by atoms with E-state index in [2.05, 4.69) is 15.5 Å². The zero-order chi connectivity index (χ0) is 13.9. The topological polar surface area (TPSA) is 57.8 Å². The predicted octanol–water partition coefficient (Wildman–Crippen LogP) is 2.80. The molecule has 0 fully saturated rings. The summed E-state index contributed by atoms with van der Waals surface area (Å²) < 4.78 is 0. The van der Waals surface area contributed by atoms with Crippen LogP contribution in [0.3, 0.4) is 0 Å². The molecular formula is C16H15N3O. The number of fused-ring (bicyclic) bond motifs is 1. The molecule has 20 heavy (non-hydrogen) atoms. The molecule has 3 aromatic rings. The Labute approximate surface area is 116 Å². The minimum atomic E-state index is -0.0943. The first-order chi connectivity index (χ1) is 9.75. The number of hydrogen-bond donors (Lipinski definition) is 2. The number of nitrogens with one attached hydrogen (secondary N) is 2. The van der Waals surface area contributed by atoms with E-state index in [9.17, 15) is 4.79 Å². The summed E-state index contributed by atoms with van der Waals surface area (Å²) in [6.45, 7) is 2.56. The van der Waals surface area contributed by atoms with Gasteiger partial charge in [0.25, 0.3) is 5.91 Å². The Morgan fingerprint density at radius 1 is 1.20 bits per heavy atom. The van der Waals surface area contributed by atoms with E-state index in [1.807, 2.05) is 43.3 Å². The van der Waals surface area contributed by atoms with Crippen LogP contribution in [-0.4, -0.2) is 16.1 Å². The summed E-state index contributed by atoms with van der Waals surface area (Å²) in [6.07, 6.45) is 1.72. The molecular weight excluding hydrogens is 250 g/mol. The highest BCUT2D eigenvalue weighted by atomic mass is 16.1. The van der Waals surface area contributed by atoms with Crippen molar-refractivity contribution < 1.29 is 4.79 Å². The molecule has 2 aromatic carbocycles. The summed E-state index contributed by atoms with van der Waals surface area (Å²) in [4.78, 5) is 12.3. The predicted molar refractivity (Wildman–Crippen MR) is 78.4 cm³/mol. The highest BCUT2D eigenvalue weighted by Gasteiger charge is 2.11. The van der Waals surface area contributed by atoms with Crippen molar-refractivity contribution in [1.82, 2.24) is 15.5 Å². The summed E-state index contributed by atoms with van der Waals surface area (Å²) in [5.74, 6) is -0.0943. The molecule has 3 rings (SSSR count). The van der Waals surface area contributed by atoms with Crippen LogP contribution in [0.15, 0.2) is 48.7 Å². The summed E-state index contributed by atoms with van der Waals surface area (Å²) in [5, 5.41) is 10.7. The second kappa shape index (κ2) is 5.17. The lowest BCUT2D eigenvalue weighted by molar-refractivity contribution is 0.0952. The molecule has 0 saturated carbocycles. The van der Waals surface area contributed by atoms with Crippen molar-refractivity contribution in [2.45, 2.75) is 13.5 Å². The number of aromatic amines is 1. The van der Waals surface area contributed by atoms with E-state index in [4.69, 9.17) is 0 Å². The zero-order valence-corrected chi connectivity index (χ0v) is 11.2. The van der Waals surface area contributed by atoms with Crippen LogP contribution in [0.25, 0.3) is 10.9 Å². The Morgan fingerprint density at radius 2 is 2.05 bits per heavy atom. The van der Waals surface area contributed by atoms with Gasteiger partial charge in [0.2, 0.25) is 0 Å². The summed E-state index contributed by atoms with van der Waals surface area (Å²) in [6, 6.07) is 13.6. The van der Waals surface area contributed by atoms with Crippen LogP contribution in [0, 0.1) is 6.92 Å². The van der Waals surface area contributed by atoms with Gasteiger partial charge in [-0.3, -0.25) is 9.89 Å². The lowest BCUT2D eigenvalue weighted by Crippen LogP contribution is -2.23. The SMILES string of the molecule is Cc1ccccc1CNC(=O)c1cccc2cn[nH]c12. The van der Waals surface area contributed by atoms with Crippen molar-refractivity contribution in [3.8, 4) is 0 Å². The van der Waals surface area contributed by atoms with Gasteiger partial charge in [-0.1, -0.05) is 36.4 Å². The molecule has 4 heteroatoms. The van der Waals surface area contributed by atoms with E-state index in [-0.39, 0.29) is 5.91 Å². The standard InChI is InChI=1S/C16H15N3O/c1-11-5-2-3-6-12(11)9-17-16(20)14-8-4-7-13-10-18-19-15(13)14/h2-8,10H,9H2,1H3,(H,17,20)(H,18,19). The van der Waals surface area contributed by atoms with Crippen LogP contribution >= 0.6 is 0 Å². The van der Waals surface area contributed by atoms with Gasteiger partial charge in [-0.15, -0.1) is 0 Å². The van der Waals surface area contributed by atoms with Crippen molar-refractivity contribution in [3.63, 3.8) is 0 Å². The van der Waals surface area contributed by atoms with Gasteiger partial charge >= 0.3 is 0 Å². The van der Waals surface area contributed by atoms with Crippen molar-refractivity contribution in [3.05, 3.63) is 65.4 Å². The van der Waals surface area contributed by atoms with Crippen molar-refractivity contribution in [2.24, 2.45) is 0 Å². The smallest absolute Gasteiger partial charge is 0.253 e. The normalized spacial score (nSPS) is 10.7. The van der Waals surface area contributed by atoms with Gasteiger partial charge < -0.3 is 5.32 Å². The van der Waals surface area contributed by atoms with E-state index >= 15 is 0 Å². The molecule has 0 bridgehead atoms. The Bertz CT molecular complexity index is 761. The molecule has 0 aliphatic rings. The molecule has 0 saturated heterocycles. The number of H-pyrrole nitrogens is 1. The summed E-state index contributed by atoms with van der Waals surface area (Å²) in [7, 11) is 0. The average molecular weight is 265 g/mol. The Balaban J connectivity index is 1.80. The highest BCUT2D eigenvalue weighted by molar-refractivity contribution is 6.05. The molecule has 0 aliphatic carbocycles. The van der Waals surface area contributed by atoms with Crippen LogP contribution in [0.5, 0.6) is 0 Å². The third kappa shape index (κ3) is 2.28. The number of benzene rings is 2. The Hall–Kier alpha value is -2.62. The van der Waals surface area contributed by atoms with Gasteiger partial charge in [0, 0.05) is 11.9 Å².